The molecule has 35 heavy (non-hydrogen) atoms. The number of hydrogen-bond acceptors (Lipinski definition) is 8. The van der Waals surface area contributed by atoms with Crippen molar-refractivity contribution in [2.75, 3.05) is 37.5 Å². The number of aromatic nitrogens is 2. The second kappa shape index (κ2) is 12.1. The van der Waals surface area contributed by atoms with Crippen LogP contribution in [0.25, 0.3) is 0 Å². The molecular weight excluding hydrogens is 457 g/mol. The summed E-state index contributed by atoms with van der Waals surface area (Å²) in [6.07, 6.45) is 6.70. The van der Waals surface area contributed by atoms with Crippen LogP contribution in [0.3, 0.4) is 0 Å². The number of hydrogen-bond donors (Lipinski definition) is 3. The van der Waals surface area contributed by atoms with E-state index < -0.39 is 23.7 Å². The zero-order valence-electron chi connectivity index (χ0n) is 20.7. The predicted molar refractivity (Wildman–Crippen MR) is 127 cm³/mol. The van der Waals surface area contributed by atoms with E-state index in [-0.39, 0.29) is 30.5 Å². The van der Waals surface area contributed by atoms with Crippen molar-refractivity contribution in [1.29, 1.82) is 0 Å². The number of carbonyl (C=O) groups excluding carboxylic acids is 3. The maximum atomic E-state index is 15.5. The summed E-state index contributed by atoms with van der Waals surface area (Å²) in [5.74, 6) is -1.50. The first-order chi connectivity index (χ1) is 16.7. The Hall–Kier alpha value is -3.02. The molecule has 1 aliphatic carbocycles. The van der Waals surface area contributed by atoms with E-state index in [1.807, 2.05) is 6.92 Å². The van der Waals surface area contributed by atoms with Crippen LogP contribution in [0.5, 0.6) is 0 Å². The van der Waals surface area contributed by atoms with Gasteiger partial charge in [-0.25, -0.2) is 15.0 Å². The minimum Gasteiger partial charge on any atom is -0.347 e. The second-order valence-electron chi connectivity index (χ2n) is 9.49. The van der Waals surface area contributed by atoms with Crippen LogP contribution in [0.15, 0.2) is 0 Å². The molecule has 0 radical (unpaired) electrons. The van der Waals surface area contributed by atoms with Crippen LogP contribution >= 0.6 is 0 Å². The Labute approximate surface area is 205 Å². The van der Waals surface area contributed by atoms with Gasteiger partial charge in [0.2, 0.25) is 24.0 Å². The van der Waals surface area contributed by atoms with Crippen molar-refractivity contribution in [3.8, 4) is 0 Å². The topological polar surface area (TPSA) is 131 Å². The highest BCUT2D eigenvalue weighted by Gasteiger charge is 2.35. The number of hydrazine groups is 1. The van der Waals surface area contributed by atoms with Gasteiger partial charge in [0.25, 0.3) is 0 Å². The average Bonchev–Trinajstić information content (AvgIpc) is 3.54. The molecule has 194 valence electrons. The summed E-state index contributed by atoms with van der Waals surface area (Å²) in [6.45, 7) is 2.15. The second-order valence-corrected chi connectivity index (χ2v) is 9.49. The molecule has 0 spiro atoms. The third-order valence-corrected chi connectivity index (χ3v) is 6.74. The minimum absolute atomic E-state index is 0.0243. The lowest BCUT2D eigenvalue weighted by Gasteiger charge is -2.28. The predicted octanol–water partition coefficient (Wildman–Crippen LogP) is 1.72. The van der Waals surface area contributed by atoms with Crippen LogP contribution in [0.2, 0.25) is 0 Å². The highest BCUT2D eigenvalue weighted by atomic mass is 19.1. The van der Waals surface area contributed by atoms with Crippen LogP contribution < -0.4 is 15.8 Å². The first-order valence-corrected chi connectivity index (χ1v) is 12.3. The van der Waals surface area contributed by atoms with Gasteiger partial charge in [-0.05, 0) is 25.2 Å². The number of likely N-dealkylation sites (N-methyl/N-ethyl adjacent to an activating group) is 1. The van der Waals surface area contributed by atoms with Crippen LogP contribution in [0, 0.1) is 17.7 Å². The number of carbonyl (C=O) groups is 3. The molecular formula is C23H36FN7O4. The Morgan fingerprint density at radius 3 is 2.57 bits per heavy atom. The van der Waals surface area contributed by atoms with E-state index in [4.69, 9.17) is 0 Å². The number of anilines is 2. The third kappa shape index (κ3) is 6.56. The largest absolute Gasteiger partial charge is 0.347 e. The Kier molecular flexibility index (Phi) is 9.19. The number of amides is 3. The SMILES string of the molecule is CCc1nc(NNC(=O)[C@H](CC2CCCC2)CN(O)C=O)c(F)c(N2CCCC2C(=O)N(C)C)n1. The van der Waals surface area contributed by atoms with Crippen molar-refractivity contribution in [2.45, 2.75) is 64.3 Å². The molecule has 1 aliphatic heterocycles. The lowest BCUT2D eigenvalue weighted by atomic mass is 9.92. The summed E-state index contributed by atoms with van der Waals surface area (Å²) in [4.78, 5) is 48.1. The van der Waals surface area contributed by atoms with Crippen LogP contribution in [0.4, 0.5) is 16.0 Å². The lowest BCUT2D eigenvalue weighted by molar-refractivity contribution is -0.154. The van der Waals surface area contributed by atoms with E-state index >= 15 is 4.39 Å². The number of aryl methyl sites for hydroxylation is 1. The van der Waals surface area contributed by atoms with Gasteiger partial charge in [0, 0.05) is 27.1 Å². The molecule has 2 fully saturated rings. The standard InChI is InChI=1S/C23H36FN7O4/c1-4-18-25-20(19(24)21(26-18)31-11-7-10-17(31)23(34)29(2)3)27-28-22(33)16(13-30(35)14-32)12-15-8-5-6-9-15/h14-17,35H,4-13H2,1-3H3,(H,28,33)(H,25,26,27)/t16-,17?/m1/s1. The first-order valence-electron chi connectivity index (χ1n) is 12.3. The number of halogens is 1. The summed E-state index contributed by atoms with van der Waals surface area (Å²) >= 11 is 0. The molecule has 2 aliphatic rings. The molecule has 0 bridgehead atoms. The van der Waals surface area contributed by atoms with Gasteiger partial charge in [-0.3, -0.25) is 30.4 Å². The minimum atomic E-state index is -0.759. The summed E-state index contributed by atoms with van der Waals surface area (Å²) in [5, 5.41) is 10.1. The summed E-state index contributed by atoms with van der Waals surface area (Å²) in [5.41, 5.74) is 5.08. The maximum absolute atomic E-state index is 15.5. The molecule has 3 N–H and O–H groups in total. The van der Waals surface area contributed by atoms with Crippen LogP contribution in [-0.4, -0.2) is 76.6 Å². The Morgan fingerprint density at radius 2 is 1.94 bits per heavy atom. The number of nitrogens with zero attached hydrogens (tertiary/aromatic N) is 5. The zero-order valence-corrected chi connectivity index (χ0v) is 20.7. The van der Waals surface area contributed by atoms with Crippen molar-refractivity contribution < 1.29 is 24.0 Å². The van der Waals surface area contributed by atoms with Crippen LogP contribution in [0.1, 0.15) is 57.7 Å². The molecule has 1 saturated heterocycles. The molecule has 0 aromatic carbocycles. The fourth-order valence-corrected chi connectivity index (χ4v) is 4.89. The molecule has 1 aromatic heterocycles. The van der Waals surface area contributed by atoms with Crippen molar-refractivity contribution in [3.63, 3.8) is 0 Å². The van der Waals surface area contributed by atoms with E-state index in [1.54, 1.807) is 19.0 Å². The Bertz CT molecular complexity index is 910. The molecule has 2 heterocycles. The van der Waals surface area contributed by atoms with E-state index in [0.717, 1.165) is 32.1 Å². The maximum Gasteiger partial charge on any atom is 0.244 e. The van der Waals surface area contributed by atoms with Crippen molar-refractivity contribution in [3.05, 3.63) is 11.6 Å². The highest BCUT2D eigenvalue weighted by molar-refractivity contribution is 5.85. The van der Waals surface area contributed by atoms with E-state index in [2.05, 4.69) is 20.8 Å². The molecule has 1 saturated carbocycles. The average molecular weight is 494 g/mol. The fraction of sp³-hybridized carbons (Fsp3) is 0.696. The summed E-state index contributed by atoms with van der Waals surface area (Å²) in [6, 6.07) is -0.517. The molecule has 12 heteroatoms. The van der Waals surface area contributed by atoms with Gasteiger partial charge in [0.1, 0.15) is 11.9 Å². The van der Waals surface area contributed by atoms with E-state index in [1.165, 1.54) is 4.90 Å². The summed E-state index contributed by atoms with van der Waals surface area (Å²) in [7, 11) is 3.32. The third-order valence-electron chi connectivity index (χ3n) is 6.74. The van der Waals surface area contributed by atoms with Crippen molar-refractivity contribution in [2.24, 2.45) is 11.8 Å². The lowest BCUT2D eigenvalue weighted by Crippen LogP contribution is -2.44. The highest BCUT2D eigenvalue weighted by Crippen LogP contribution is 2.32. The molecule has 2 atom stereocenters. The van der Waals surface area contributed by atoms with Crippen molar-refractivity contribution >= 4 is 29.9 Å². The normalized spacial score (nSPS) is 18.9. The Morgan fingerprint density at radius 1 is 1.23 bits per heavy atom. The van der Waals surface area contributed by atoms with Gasteiger partial charge in [-0.2, -0.15) is 4.39 Å². The number of hydroxylamine groups is 2. The zero-order chi connectivity index (χ0) is 25.5. The van der Waals surface area contributed by atoms with Gasteiger partial charge < -0.3 is 9.80 Å². The fourth-order valence-electron chi connectivity index (χ4n) is 4.89. The van der Waals surface area contributed by atoms with Gasteiger partial charge >= 0.3 is 0 Å². The quantitative estimate of drug-likeness (QED) is 0.241. The molecule has 1 unspecified atom stereocenters. The van der Waals surface area contributed by atoms with Gasteiger partial charge in [-0.1, -0.05) is 32.6 Å². The Balaban J connectivity index is 1.78. The van der Waals surface area contributed by atoms with E-state index in [0.29, 0.717) is 42.6 Å². The van der Waals surface area contributed by atoms with Gasteiger partial charge in [-0.15, -0.1) is 0 Å². The smallest absolute Gasteiger partial charge is 0.244 e. The van der Waals surface area contributed by atoms with Crippen molar-refractivity contribution in [1.82, 2.24) is 25.4 Å². The first kappa shape index (κ1) is 26.6. The molecule has 11 nitrogen and oxygen atoms in total. The molecule has 3 amide bonds. The summed E-state index contributed by atoms with van der Waals surface area (Å²) < 4.78 is 15.5. The monoisotopic (exact) mass is 493 g/mol. The van der Waals surface area contributed by atoms with Gasteiger partial charge in [0.15, 0.2) is 11.6 Å². The molecule has 1 aromatic rings. The number of rotatable bonds is 11. The van der Waals surface area contributed by atoms with Crippen LogP contribution in [-0.2, 0) is 20.8 Å². The number of nitrogens with one attached hydrogen (secondary N) is 2. The van der Waals surface area contributed by atoms with Gasteiger partial charge in [0.05, 0.1) is 12.5 Å². The molecule has 3 rings (SSSR count). The van der Waals surface area contributed by atoms with E-state index in [9.17, 15) is 19.6 Å².